The summed E-state index contributed by atoms with van der Waals surface area (Å²) in [5.41, 5.74) is 3.73. The maximum atomic E-state index is 13.2. The van der Waals surface area contributed by atoms with Crippen molar-refractivity contribution < 1.29 is 27.4 Å². The van der Waals surface area contributed by atoms with Crippen LogP contribution in [0.3, 0.4) is 0 Å². The summed E-state index contributed by atoms with van der Waals surface area (Å²) in [4.78, 5) is 11.1. The monoisotopic (exact) mass is 235 g/mol. The number of nitrogens with two attached hydrogens (primary N) is 1. The van der Waals surface area contributed by atoms with Gasteiger partial charge in [-0.25, -0.2) is 13.6 Å². The number of benzene rings is 1. The van der Waals surface area contributed by atoms with E-state index in [1.807, 2.05) is 0 Å². The molecule has 1 aromatic carbocycles. The molecule has 0 aliphatic heterocycles. The molecule has 0 spiro atoms. The van der Waals surface area contributed by atoms with Crippen LogP contribution in [-0.4, -0.2) is 20.2 Å². The fourth-order valence-electron chi connectivity index (χ4n) is 1.16. The van der Waals surface area contributed by atoms with Crippen molar-refractivity contribution in [3.8, 4) is 5.75 Å². The van der Waals surface area contributed by atoms with Gasteiger partial charge in [0.05, 0.1) is 19.9 Å². The Morgan fingerprint density at radius 3 is 2.12 bits per heavy atom. The van der Waals surface area contributed by atoms with Crippen LogP contribution in [0.25, 0.3) is 0 Å². The van der Waals surface area contributed by atoms with Crippen LogP contribution >= 0.6 is 0 Å². The fourth-order valence-corrected chi connectivity index (χ4v) is 1.16. The predicted octanol–water partition coefficient (Wildman–Crippen LogP) is 1.48. The smallest absolute Gasteiger partial charge is 0.343 e. The number of carbonyl (C=O) groups excluding carboxylic acids is 1. The maximum Gasteiger partial charge on any atom is 0.343 e. The molecule has 0 atom stereocenters. The van der Waals surface area contributed by atoms with Gasteiger partial charge >= 0.3 is 5.97 Å². The number of methoxy groups -OCH3 is 2. The molecule has 0 heterocycles. The summed E-state index contributed by atoms with van der Waals surface area (Å²) in [6.45, 7) is 0. The van der Waals surface area contributed by atoms with Crippen molar-refractivity contribution in [3.63, 3.8) is 0 Å². The standard InChI is InChI=1S/C9H8F3NO3/c1-15-8-6(12)5(11)4(10)3(7(8)13)9(14)16-2/h13H2,1-2H3. The molecule has 1 aromatic rings. The molecule has 7 heteroatoms. The van der Waals surface area contributed by atoms with Crippen molar-refractivity contribution in [2.75, 3.05) is 20.0 Å². The Bertz CT molecular complexity index is 448. The SMILES string of the molecule is COC(=O)c1c(N)c(OC)c(F)c(F)c1F. The van der Waals surface area contributed by atoms with Crippen molar-refractivity contribution in [2.24, 2.45) is 0 Å². The second-order valence-electron chi connectivity index (χ2n) is 2.76. The van der Waals surface area contributed by atoms with E-state index in [-0.39, 0.29) is 0 Å². The third kappa shape index (κ3) is 1.64. The summed E-state index contributed by atoms with van der Waals surface area (Å²) in [6.07, 6.45) is 0. The van der Waals surface area contributed by atoms with Gasteiger partial charge in [0.1, 0.15) is 5.56 Å². The second kappa shape index (κ2) is 4.30. The van der Waals surface area contributed by atoms with Crippen LogP contribution in [0.4, 0.5) is 18.9 Å². The van der Waals surface area contributed by atoms with Gasteiger partial charge in [-0.3, -0.25) is 0 Å². The van der Waals surface area contributed by atoms with E-state index in [1.165, 1.54) is 0 Å². The number of esters is 1. The minimum Gasteiger partial charge on any atom is -0.491 e. The largest absolute Gasteiger partial charge is 0.491 e. The molecule has 0 aliphatic carbocycles. The lowest BCUT2D eigenvalue weighted by Crippen LogP contribution is -2.13. The highest BCUT2D eigenvalue weighted by Crippen LogP contribution is 2.33. The van der Waals surface area contributed by atoms with Crippen molar-refractivity contribution >= 4 is 11.7 Å². The minimum absolute atomic E-state index is 0.647. The highest BCUT2D eigenvalue weighted by Gasteiger charge is 2.28. The minimum atomic E-state index is -1.84. The fraction of sp³-hybridized carbons (Fsp3) is 0.222. The summed E-state index contributed by atoms with van der Waals surface area (Å²) >= 11 is 0. The summed E-state index contributed by atoms with van der Waals surface area (Å²) in [7, 11) is 1.96. The zero-order valence-electron chi connectivity index (χ0n) is 8.44. The van der Waals surface area contributed by atoms with Gasteiger partial charge in [-0.05, 0) is 0 Å². The van der Waals surface area contributed by atoms with Gasteiger partial charge in [-0.2, -0.15) is 4.39 Å². The van der Waals surface area contributed by atoms with Crippen LogP contribution in [-0.2, 0) is 4.74 Å². The van der Waals surface area contributed by atoms with Crippen LogP contribution < -0.4 is 10.5 Å². The number of halogens is 3. The van der Waals surface area contributed by atoms with Crippen LogP contribution in [0.2, 0.25) is 0 Å². The van der Waals surface area contributed by atoms with Crippen LogP contribution in [0.1, 0.15) is 10.4 Å². The lowest BCUT2D eigenvalue weighted by atomic mass is 10.1. The zero-order chi connectivity index (χ0) is 12.5. The summed E-state index contributed by atoms with van der Waals surface area (Å²) in [5.74, 6) is -7.09. The van der Waals surface area contributed by atoms with Gasteiger partial charge < -0.3 is 15.2 Å². The molecule has 0 amide bonds. The van der Waals surface area contributed by atoms with Crippen molar-refractivity contribution in [1.29, 1.82) is 0 Å². The van der Waals surface area contributed by atoms with Gasteiger partial charge in [0.15, 0.2) is 17.4 Å². The number of nitrogen functional groups attached to an aromatic ring is 1. The molecule has 16 heavy (non-hydrogen) atoms. The molecule has 0 saturated carbocycles. The summed E-state index contributed by atoms with van der Waals surface area (Å²) in [5, 5.41) is 0. The van der Waals surface area contributed by atoms with Crippen molar-refractivity contribution in [3.05, 3.63) is 23.0 Å². The van der Waals surface area contributed by atoms with E-state index in [0.717, 1.165) is 14.2 Å². The number of hydrogen-bond acceptors (Lipinski definition) is 4. The summed E-state index contributed by atoms with van der Waals surface area (Å²) in [6, 6.07) is 0. The molecular weight excluding hydrogens is 227 g/mol. The second-order valence-corrected chi connectivity index (χ2v) is 2.76. The van der Waals surface area contributed by atoms with Gasteiger partial charge in [0, 0.05) is 0 Å². The Kier molecular flexibility index (Phi) is 3.26. The first-order valence-corrected chi connectivity index (χ1v) is 4.03. The van der Waals surface area contributed by atoms with Crippen LogP contribution in [0.5, 0.6) is 5.75 Å². The first kappa shape index (κ1) is 12.2. The molecule has 0 radical (unpaired) electrons. The average molecular weight is 235 g/mol. The highest BCUT2D eigenvalue weighted by molar-refractivity contribution is 5.97. The van der Waals surface area contributed by atoms with E-state index in [9.17, 15) is 18.0 Å². The number of anilines is 1. The Hall–Kier alpha value is -1.92. The quantitative estimate of drug-likeness (QED) is 0.479. The molecule has 0 saturated heterocycles. The molecule has 0 unspecified atom stereocenters. The number of ether oxygens (including phenoxy) is 2. The zero-order valence-corrected chi connectivity index (χ0v) is 8.44. The lowest BCUT2D eigenvalue weighted by Gasteiger charge is -2.11. The first-order chi connectivity index (χ1) is 7.45. The number of rotatable bonds is 2. The van der Waals surface area contributed by atoms with Crippen molar-refractivity contribution in [1.82, 2.24) is 0 Å². The van der Waals surface area contributed by atoms with Crippen molar-refractivity contribution in [2.45, 2.75) is 0 Å². The Labute approximate surface area is 88.8 Å². The topological polar surface area (TPSA) is 61.5 Å². The lowest BCUT2D eigenvalue weighted by molar-refractivity contribution is 0.0595. The maximum absolute atomic E-state index is 13.2. The molecule has 0 fully saturated rings. The Morgan fingerprint density at radius 2 is 1.69 bits per heavy atom. The van der Waals surface area contributed by atoms with Gasteiger partial charge in [-0.1, -0.05) is 0 Å². The first-order valence-electron chi connectivity index (χ1n) is 4.03. The average Bonchev–Trinajstić information content (AvgIpc) is 2.27. The predicted molar refractivity (Wildman–Crippen MR) is 48.6 cm³/mol. The molecule has 4 nitrogen and oxygen atoms in total. The van der Waals surface area contributed by atoms with E-state index in [4.69, 9.17) is 5.73 Å². The molecule has 2 N–H and O–H groups in total. The van der Waals surface area contributed by atoms with Crippen LogP contribution in [0, 0.1) is 17.5 Å². The third-order valence-electron chi connectivity index (χ3n) is 1.91. The van der Waals surface area contributed by atoms with Crippen LogP contribution in [0.15, 0.2) is 0 Å². The molecule has 1 rings (SSSR count). The van der Waals surface area contributed by atoms with Gasteiger partial charge in [0.2, 0.25) is 5.82 Å². The summed E-state index contributed by atoms with van der Waals surface area (Å²) < 4.78 is 48.0. The molecule has 88 valence electrons. The molecule has 0 aromatic heterocycles. The van der Waals surface area contributed by atoms with Gasteiger partial charge in [-0.15, -0.1) is 0 Å². The Morgan fingerprint density at radius 1 is 1.12 bits per heavy atom. The Balaban J connectivity index is 3.62. The van der Waals surface area contributed by atoms with E-state index >= 15 is 0 Å². The van der Waals surface area contributed by atoms with E-state index in [1.54, 1.807) is 0 Å². The van der Waals surface area contributed by atoms with Gasteiger partial charge in [0.25, 0.3) is 0 Å². The number of carbonyl (C=O) groups is 1. The normalized spacial score (nSPS) is 10.1. The molecule has 0 aliphatic rings. The highest BCUT2D eigenvalue weighted by atomic mass is 19.2. The third-order valence-corrected chi connectivity index (χ3v) is 1.91. The molecule has 0 bridgehead atoms. The molecular formula is C9H8F3NO3. The van der Waals surface area contributed by atoms with E-state index < -0.39 is 40.4 Å². The number of hydrogen-bond donors (Lipinski definition) is 1. The van der Waals surface area contributed by atoms with E-state index in [0.29, 0.717) is 0 Å². The van der Waals surface area contributed by atoms with E-state index in [2.05, 4.69) is 9.47 Å².